The molecule has 1 unspecified atom stereocenters. The number of anilines is 1. The van der Waals surface area contributed by atoms with Crippen molar-refractivity contribution in [1.29, 1.82) is 5.26 Å². The number of nitrogens with zero attached hydrogens (tertiary/aromatic N) is 2. The van der Waals surface area contributed by atoms with E-state index in [0.29, 0.717) is 12.2 Å². The van der Waals surface area contributed by atoms with Crippen LogP contribution >= 0.6 is 0 Å². The standard InChI is InChI=1S/C12H11FN2O3/c13-9-2-1-3-10(8(9)6-14)15-4-5-18-11(7-15)12(16)17/h1-3,11H,4-5,7H2,(H,16,17). The van der Waals surface area contributed by atoms with E-state index < -0.39 is 17.9 Å². The minimum atomic E-state index is -1.06. The zero-order valence-electron chi connectivity index (χ0n) is 9.47. The predicted molar refractivity (Wildman–Crippen MR) is 60.7 cm³/mol. The average Bonchev–Trinajstić information content (AvgIpc) is 2.38. The van der Waals surface area contributed by atoms with Gasteiger partial charge in [-0.05, 0) is 12.1 Å². The van der Waals surface area contributed by atoms with Crippen molar-refractivity contribution in [2.45, 2.75) is 6.10 Å². The molecule has 5 nitrogen and oxygen atoms in total. The molecule has 0 bridgehead atoms. The topological polar surface area (TPSA) is 73.6 Å². The summed E-state index contributed by atoms with van der Waals surface area (Å²) in [5.74, 6) is -1.66. The van der Waals surface area contributed by atoms with Gasteiger partial charge >= 0.3 is 5.97 Å². The summed E-state index contributed by atoms with van der Waals surface area (Å²) in [6.45, 7) is 0.772. The fourth-order valence-corrected chi connectivity index (χ4v) is 1.90. The van der Waals surface area contributed by atoms with Crippen LogP contribution in [0.2, 0.25) is 0 Å². The molecule has 1 fully saturated rings. The van der Waals surface area contributed by atoms with Gasteiger partial charge in [-0.3, -0.25) is 0 Å². The molecule has 0 saturated carbocycles. The molecule has 1 aromatic rings. The molecule has 0 aromatic heterocycles. The van der Waals surface area contributed by atoms with Crippen molar-refractivity contribution < 1.29 is 19.0 Å². The minimum absolute atomic E-state index is 0.0662. The van der Waals surface area contributed by atoms with Gasteiger partial charge in [0.05, 0.1) is 18.8 Å². The molecule has 1 N–H and O–H groups in total. The van der Waals surface area contributed by atoms with Crippen LogP contribution in [-0.4, -0.2) is 36.9 Å². The lowest BCUT2D eigenvalue weighted by Gasteiger charge is -2.33. The van der Waals surface area contributed by atoms with Crippen LogP contribution in [0.1, 0.15) is 5.56 Å². The van der Waals surface area contributed by atoms with Crippen molar-refractivity contribution in [3.8, 4) is 6.07 Å². The Morgan fingerprint density at radius 2 is 2.39 bits per heavy atom. The highest BCUT2D eigenvalue weighted by Gasteiger charge is 2.27. The highest BCUT2D eigenvalue weighted by molar-refractivity contribution is 5.74. The van der Waals surface area contributed by atoms with Crippen LogP contribution in [0.15, 0.2) is 18.2 Å². The first-order valence-electron chi connectivity index (χ1n) is 5.41. The van der Waals surface area contributed by atoms with E-state index in [9.17, 15) is 9.18 Å². The van der Waals surface area contributed by atoms with Crippen LogP contribution in [-0.2, 0) is 9.53 Å². The fourth-order valence-electron chi connectivity index (χ4n) is 1.90. The van der Waals surface area contributed by atoms with Gasteiger partial charge in [0, 0.05) is 6.54 Å². The van der Waals surface area contributed by atoms with E-state index in [0.717, 1.165) is 0 Å². The number of morpholine rings is 1. The maximum Gasteiger partial charge on any atom is 0.334 e. The molecule has 18 heavy (non-hydrogen) atoms. The van der Waals surface area contributed by atoms with Gasteiger partial charge in [0.2, 0.25) is 0 Å². The van der Waals surface area contributed by atoms with Crippen molar-refractivity contribution in [3.05, 3.63) is 29.6 Å². The summed E-state index contributed by atoms with van der Waals surface area (Å²) in [7, 11) is 0. The smallest absolute Gasteiger partial charge is 0.334 e. The van der Waals surface area contributed by atoms with E-state index in [1.54, 1.807) is 17.0 Å². The molecule has 0 amide bonds. The highest BCUT2D eigenvalue weighted by Crippen LogP contribution is 2.24. The van der Waals surface area contributed by atoms with Crippen LogP contribution in [0.5, 0.6) is 0 Å². The maximum atomic E-state index is 13.5. The van der Waals surface area contributed by atoms with E-state index >= 15 is 0 Å². The lowest BCUT2D eigenvalue weighted by Crippen LogP contribution is -2.46. The molecule has 1 aliphatic heterocycles. The first-order valence-corrected chi connectivity index (χ1v) is 5.41. The molecule has 1 aromatic carbocycles. The third-order valence-electron chi connectivity index (χ3n) is 2.79. The number of rotatable bonds is 2. The molecular formula is C12H11FN2O3. The number of ether oxygens (including phenoxy) is 1. The minimum Gasteiger partial charge on any atom is -0.479 e. The maximum absolute atomic E-state index is 13.5. The highest BCUT2D eigenvalue weighted by atomic mass is 19.1. The van der Waals surface area contributed by atoms with Crippen LogP contribution in [0.4, 0.5) is 10.1 Å². The van der Waals surface area contributed by atoms with E-state index in [1.165, 1.54) is 12.1 Å². The third kappa shape index (κ3) is 2.26. The second kappa shape index (κ2) is 5.02. The number of carboxylic acid groups (broad SMARTS) is 1. The number of aliphatic carboxylic acids is 1. The van der Waals surface area contributed by atoms with Gasteiger partial charge in [-0.25, -0.2) is 9.18 Å². The summed E-state index contributed by atoms with van der Waals surface area (Å²) in [5, 5.41) is 17.8. The lowest BCUT2D eigenvalue weighted by molar-refractivity contribution is -0.150. The van der Waals surface area contributed by atoms with Gasteiger partial charge in [-0.15, -0.1) is 0 Å². The molecule has 0 spiro atoms. The van der Waals surface area contributed by atoms with Gasteiger partial charge in [-0.2, -0.15) is 5.26 Å². The summed E-state index contributed by atoms with van der Waals surface area (Å²) >= 11 is 0. The van der Waals surface area contributed by atoms with Gasteiger partial charge in [0.25, 0.3) is 0 Å². The SMILES string of the molecule is N#Cc1c(F)cccc1N1CCOC(C(=O)O)C1. The summed E-state index contributed by atoms with van der Waals surface area (Å²) in [4.78, 5) is 12.5. The summed E-state index contributed by atoms with van der Waals surface area (Å²) < 4.78 is 18.5. The quantitative estimate of drug-likeness (QED) is 0.847. The monoisotopic (exact) mass is 250 g/mol. The van der Waals surface area contributed by atoms with Gasteiger partial charge in [0.1, 0.15) is 17.4 Å². The first kappa shape index (κ1) is 12.3. The molecule has 6 heteroatoms. The lowest BCUT2D eigenvalue weighted by atomic mass is 10.1. The second-order valence-corrected chi connectivity index (χ2v) is 3.89. The Morgan fingerprint density at radius 3 is 3.06 bits per heavy atom. The van der Waals surface area contributed by atoms with Crippen LogP contribution < -0.4 is 4.90 Å². The number of nitriles is 1. The second-order valence-electron chi connectivity index (χ2n) is 3.89. The molecule has 2 rings (SSSR count). The van der Waals surface area contributed by atoms with Crippen molar-refractivity contribution in [3.63, 3.8) is 0 Å². The molecule has 94 valence electrons. The Balaban J connectivity index is 2.29. The molecule has 1 atom stereocenters. The predicted octanol–water partition coefficient (Wildman–Crippen LogP) is 0.987. The number of benzene rings is 1. The average molecular weight is 250 g/mol. The van der Waals surface area contributed by atoms with E-state index in [-0.39, 0.29) is 18.7 Å². The third-order valence-corrected chi connectivity index (χ3v) is 2.79. The van der Waals surface area contributed by atoms with Gasteiger partial charge in [0.15, 0.2) is 6.10 Å². The number of hydrogen-bond donors (Lipinski definition) is 1. The van der Waals surface area contributed by atoms with Crippen LogP contribution in [0, 0.1) is 17.1 Å². The number of halogens is 1. The van der Waals surface area contributed by atoms with E-state index in [1.807, 2.05) is 0 Å². The number of hydrogen-bond acceptors (Lipinski definition) is 4. The summed E-state index contributed by atoms with van der Waals surface area (Å²) in [6.07, 6.45) is -0.950. The largest absolute Gasteiger partial charge is 0.479 e. The molecule has 0 aliphatic carbocycles. The molecule has 1 heterocycles. The van der Waals surface area contributed by atoms with E-state index in [2.05, 4.69) is 0 Å². The Bertz CT molecular complexity index is 513. The van der Waals surface area contributed by atoms with Crippen molar-refractivity contribution in [2.75, 3.05) is 24.6 Å². The molecule has 1 saturated heterocycles. The molecule has 1 aliphatic rings. The zero-order valence-corrected chi connectivity index (χ0v) is 9.47. The summed E-state index contributed by atoms with van der Waals surface area (Å²) in [6, 6.07) is 6.11. The Kier molecular flexibility index (Phi) is 3.44. The summed E-state index contributed by atoms with van der Waals surface area (Å²) in [5.41, 5.74) is 0.343. The van der Waals surface area contributed by atoms with Crippen LogP contribution in [0.25, 0.3) is 0 Å². The first-order chi connectivity index (χ1) is 8.63. The van der Waals surface area contributed by atoms with Crippen molar-refractivity contribution in [1.82, 2.24) is 0 Å². The number of carbonyl (C=O) groups is 1. The Hall–Kier alpha value is -2.13. The van der Waals surface area contributed by atoms with Crippen LogP contribution in [0.3, 0.4) is 0 Å². The Labute approximate surface area is 103 Å². The van der Waals surface area contributed by atoms with Gasteiger partial charge < -0.3 is 14.7 Å². The normalized spacial score (nSPS) is 19.3. The Morgan fingerprint density at radius 1 is 1.61 bits per heavy atom. The molecule has 0 radical (unpaired) electrons. The molecular weight excluding hydrogens is 239 g/mol. The van der Waals surface area contributed by atoms with Crippen molar-refractivity contribution >= 4 is 11.7 Å². The fraction of sp³-hybridized carbons (Fsp3) is 0.333. The van der Waals surface area contributed by atoms with Gasteiger partial charge in [-0.1, -0.05) is 6.07 Å². The zero-order chi connectivity index (χ0) is 13.1. The number of carboxylic acids is 1. The van der Waals surface area contributed by atoms with Crippen molar-refractivity contribution in [2.24, 2.45) is 0 Å². The van der Waals surface area contributed by atoms with E-state index in [4.69, 9.17) is 15.1 Å².